The zero-order valence-corrected chi connectivity index (χ0v) is 11.6. The van der Waals surface area contributed by atoms with Gasteiger partial charge in [-0.1, -0.05) is 0 Å². The van der Waals surface area contributed by atoms with E-state index in [4.69, 9.17) is 5.73 Å². The Morgan fingerprint density at radius 2 is 2.21 bits per heavy atom. The molecule has 0 spiro atoms. The molecule has 2 fully saturated rings. The molecule has 1 aromatic rings. The summed E-state index contributed by atoms with van der Waals surface area (Å²) in [4.78, 5) is 13.8. The van der Waals surface area contributed by atoms with E-state index in [9.17, 15) is 0 Å². The summed E-state index contributed by atoms with van der Waals surface area (Å²) in [6.45, 7) is 3.90. The van der Waals surface area contributed by atoms with Gasteiger partial charge in [0, 0.05) is 31.9 Å². The van der Waals surface area contributed by atoms with Crippen LogP contribution in [0.1, 0.15) is 25.0 Å². The summed E-state index contributed by atoms with van der Waals surface area (Å²) < 4.78 is 0. The molecule has 2 atom stereocenters. The molecule has 0 aliphatic carbocycles. The quantitative estimate of drug-likeness (QED) is 0.855. The molecule has 5 heteroatoms. The van der Waals surface area contributed by atoms with Crippen LogP contribution >= 0.6 is 0 Å². The minimum Gasteiger partial charge on any atom is -0.355 e. The molecule has 0 amide bonds. The molecule has 2 N–H and O–H groups in total. The lowest BCUT2D eigenvalue weighted by Crippen LogP contribution is -2.53. The highest BCUT2D eigenvalue weighted by Crippen LogP contribution is 2.31. The molecule has 0 saturated carbocycles. The molecule has 2 aliphatic heterocycles. The van der Waals surface area contributed by atoms with Gasteiger partial charge < -0.3 is 15.5 Å². The van der Waals surface area contributed by atoms with Crippen molar-refractivity contribution in [2.24, 2.45) is 11.7 Å². The molecule has 19 heavy (non-hydrogen) atoms. The zero-order chi connectivity index (χ0) is 13.2. The fourth-order valence-corrected chi connectivity index (χ4v) is 3.51. The molecule has 104 valence electrons. The van der Waals surface area contributed by atoms with Crippen molar-refractivity contribution in [3.8, 4) is 0 Å². The van der Waals surface area contributed by atoms with Crippen LogP contribution in [0.2, 0.25) is 0 Å². The summed E-state index contributed by atoms with van der Waals surface area (Å²) >= 11 is 0. The molecular weight excluding hydrogens is 238 g/mol. The van der Waals surface area contributed by atoms with Gasteiger partial charge >= 0.3 is 0 Å². The van der Waals surface area contributed by atoms with Gasteiger partial charge in [0.1, 0.15) is 5.82 Å². The second-order valence-corrected chi connectivity index (χ2v) is 5.76. The maximum absolute atomic E-state index is 5.64. The number of nitrogens with zero attached hydrogens (tertiary/aromatic N) is 4. The van der Waals surface area contributed by atoms with E-state index in [1.54, 1.807) is 6.20 Å². The first-order valence-electron chi connectivity index (χ1n) is 7.24. The summed E-state index contributed by atoms with van der Waals surface area (Å²) in [5, 5.41) is 0. The highest BCUT2D eigenvalue weighted by atomic mass is 15.2. The Labute approximate surface area is 114 Å². The predicted molar refractivity (Wildman–Crippen MR) is 75.9 cm³/mol. The van der Waals surface area contributed by atoms with Gasteiger partial charge in [-0.2, -0.15) is 0 Å². The molecule has 0 bridgehead atoms. The smallest absolute Gasteiger partial charge is 0.147 e. The molecular formula is C14H23N5. The summed E-state index contributed by atoms with van der Waals surface area (Å²) in [7, 11) is 2.27. The first-order valence-corrected chi connectivity index (χ1v) is 7.24. The number of fused-ring (bicyclic) bond motifs is 1. The molecule has 3 heterocycles. The van der Waals surface area contributed by atoms with Crippen molar-refractivity contribution in [2.75, 3.05) is 31.6 Å². The molecule has 5 nitrogen and oxygen atoms in total. The number of piperidine rings is 2. The van der Waals surface area contributed by atoms with Crippen molar-refractivity contribution >= 4 is 5.82 Å². The lowest BCUT2D eigenvalue weighted by Gasteiger charge is -2.46. The van der Waals surface area contributed by atoms with Crippen molar-refractivity contribution in [3.05, 3.63) is 18.1 Å². The maximum Gasteiger partial charge on any atom is 0.147 e. The fourth-order valence-electron chi connectivity index (χ4n) is 3.51. The maximum atomic E-state index is 5.64. The Bertz CT molecular complexity index is 436. The van der Waals surface area contributed by atoms with E-state index in [0.717, 1.165) is 36.6 Å². The molecule has 0 radical (unpaired) electrons. The first kappa shape index (κ1) is 12.8. The van der Waals surface area contributed by atoms with Gasteiger partial charge in [-0.3, -0.25) is 4.98 Å². The Balaban J connectivity index is 1.73. The van der Waals surface area contributed by atoms with Gasteiger partial charge in [0.2, 0.25) is 0 Å². The normalized spacial score (nSPS) is 28.2. The number of nitrogens with two attached hydrogens (primary N) is 1. The average Bonchev–Trinajstić information content (AvgIpc) is 2.47. The second-order valence-electron chi connectivity index (χ2n) is 5.76. The number of aromatic nitrogens is 2. The van der Waals surface area contributed by atoms with Crippen LogP contribution < -0.4 is 10.6 Å². The number of anilines is 1. The van der Waals surface area contributed by atoms with Crippen LogP contribution in [0.5, 0.6) is 0 Å². The van der Waals surface area contributed by atoms with Crippen LogP contribution in [-0.2, 0) is 6.54 Å². The molecule has 2 saturated heterocycles. The van der Waals surface area contributed by atoms with Gasteiger partial charge in [-0.15, -0.1) is 0 Å². The monoisotopic (exact) mass is 261 g/mol. The average molecular weight is 261 g/mol. The zero-order valence-electron chi connectivity index (χ0n) is 11.6. The largest absolute Gasteiger partial charge is 0.355 e. The van der Waals surface area contributed by atoms with Crippen LogP contribution in [-0.4, -0.2) is 47.6 Å². The molecule has 1 aromatic heterocycles. The summed E-state index contributed by atoms with van der Waals surface area (Å²) in [6, 6.07) is 0.760. The first-order chi connectivity index (χ1) is 9.28. The van der Waals surface area contributed by atoms with E-state index in [-0.39, 0.29) is 0 Å². The number of hydrogen-bond acceptors (Lipinski definition) is 5. The summed E-state index contributed by atoms with van der Waals surface area (Å²) in [5.74, 6) is 1.77. The van der Waals surface area contributed by atoms with E-state index < -0.39 is 0 Å². The Morgan fingerprint density at radius 1 is 1.32 bits per heavy atom. The Morgan fingerprint density at radius 3 is 3.05 bits per heavy atom. The second kappa shape index (κ2) is 5.43. The van der Waals surface area contributed by atoms with Gasteiger partial charge in [0.15, 0.2) is 0 Å². The topological polar surface area (TPSA) is 58.3 Å². The summed E-state index contributed by atoms with van der Waals surface area (Å²) in [5.41, 5.74) is 6.52. The van der Waals surface area contributed by atoms with Gasteiger partial charge in [0.05, 0.1) is 11.9 Å². The SMILES string of the molecule is CN1CCCC2CN(c3cncc(CN)n3)CCC21. The van der Waals surface area contributed by atoms with Crippen LogP contribution in [0.4, 0.5) is 5.82 Å². The predicted octanol–water partition coefficient (Wildman–Crippen LogP) is 0.856. The standard InChI is InChI=1S/C14H23N5/c1-18-5-2-3-11-10-19(6-4-13(11)18)14-9-16-8-12(7-15)17-14/h8-9,11,13H,2-7,10,15H2,1H3. The minimum absolute atomic E-state index is 0.462. The van der Waals surface area contributed by atoms with E-state index in [2.05, 4.69) is 26.8 Å². The van der Waals surface area contributed by atoms with E-state index in [1.807, 2.05) is 6.20 Å². The van der Waals surface area contributed by atoms with Gasteiger partial charge in [-0.05, 0) is 38.8 Å². The van der Waals surface area contributed by atoms with Crippen LogP contribution in [0, 0.1) is 5.92 Å². The molecule has 0 aromatic carbocycles. The lowest BCUT2D eigenvalue weighted by atomic mass is 9.84. The number of rotatable bonds is 2. The van der Waals surface area contributed by atoms with Crippen LogP contribution in [0.25, 0.3) is 0 Å². The van der Waals surface area contributed by atoms with E-state index >= 15 is 0 Å². The van der Waals surface area contributed by atoms with Crippen LogP contribution in [0.15, 0.2) is 12.4 Å². The van der Waals surface area contributed by atoms with Crippen LogP contribution in [0.3, 0.4) is 0 Å². The lowest BCUT2D eigenvalue weighted by molar-refractivity contribution is 0.102. The number of likely N-dealkylation sites (tertiary alicyclic amines) is 1. The van der Waals surface area contributed by atoms with E-state index in [1.165, 1.54) is 25.8 Å². The Hall–Kier alpha value is -1.20. The van der Waals surface area contributed by atoms with Crippen molar-refractivity contribution in [2.45, 2.75) is 31.8 Å². The number of hydrogen-bond donors (Lipinski definition) is 1. The molecule has 2 aliphatic rings. The van der Waals surface area contributed by atoms with Crippen molar-refractivity contribution < 1.29 is 0 Å². The molecule has 2 unspecified atom stereocenters. The van der Waals surface area contributed by atoms with Gasteiger partial charge in [0.25, 0.3) is 0 Å². The van der Waals surface area contributed by atoms with Crippen molar-refractivity contribution in [1.82, 2.24) is 14.9 Å². The van der Waals surface area contributed by atoms with Gasteiger partial charge in [-0.25, -0.2) is 4.98 Å². The fraction of sp³-hybridized carbons (Fsp3) is 0.714. The van der Waals surface area contributed by atoms with Crippen molar-refractivity contribution in [1.29, 1.82) is 0 Å². The Kier molecular flexibility index (Phi) is 3.66. The van der Waals surface area contributed by atoms with Crippen molar-refractivity contribution in [3.63, 3.8) is 0 Å². The van der Waals surface area contributed by atoms with E-state index in [0.29, 0.717) is 6.54 Å². The molecule has 3 rings (SSSR count). The third-order valence-electron chi connectivity index (χ3n) is 4.55. The minimum atomic E-state index is 0.462. The summed E-state index contributed by atoms with van der Waals surface area (Å²) in [6.07, 6.45) is 7.52. The highest BCUT2D eigenvalue weighted by molar-refractivity contribution is 5.37. The third-order valence-corrected chi connectivity index (χ3v) is 4.55. The highest BCUT2D eigenvalue weighted by Gasteiger charge is 2.34. The third kappa shape index (κ3) is 2.58.